The van der Waals surface area contributed by atoms with Crippen LogP contribution in [0.5, 0.6) is 0 Å². The average Bonchev–Trinajstić information content (AvgIpc) is 3.11. The molecule has 4 rings (SSSR count). The highest BCUT2D eigenvalue weighted by atomic mass is 35.5. The van der Waals surface area contributed by atoms with Crippen LogP contribution >= 0.6 is 11.6 Å². The summed E-state index contributed by atoms with van der Waals surface area (Å²) in [5.41, 5.74) is 2.41. The van der Waals surface area contributed by atoms with Crippen molar-refractivity contribution < 1.29 is 4.74 Å². The maximum Gasteiger partial charge on any atom is 0.223 e. The highest BCUT2D eigenvalue weighted by molar-refractivity contribution is 6.76. The smallest absolute Gasteiger partial charge is 0.223 e. The number of benzene rings is 1. The Hall–Kier alpha value is -2.00. The molecule has 2 aromatic heterocycles. The predicted octanol–water partition coefficient (Wildman–Crippen LogP) is 4.62. The zero-order valence-corrected chi connectivity index (χ0v) is 20.2. The van der Waals surface area contributed by atoms with Crippen LogP contribution in [0.4, 0.5) is 5.95 Å². The quantitative estimate of drug-likeness (QED) is 0.378. The van der Waals surface area contributed by atoms with Gasteiger partial charge in [0.2, 0.25) is 5.95 Å². The van der Waals surface area contributed by atoms with Crippen molar-refractivity contribution in [3.05, 3.63) is 35.5 Å². The molecule has 0 bridgehead atoms. The molecule has 0 aliphatic carbocycles. The summed E-state index contributed by atoms with van der Waals surface area (Å²) < 4.78 is 7.85. The Kier molecular flexibility index (Phi) is 6.91. The summed E-state index contributed by atoms with van der Waals surface area (Å²) in [6.07, 6.45) is 3.76. The van der Waals surface area contributed by atoms with E-state index in [1.807, 2.05) is 16.8 Å². The molecule has 31 heavy (non-hydrogen) atoms. The van der Waals surface area contributed by atoms with Gasteiger partial charge in [0.25, 0.3) is 0 Å². The number of hydrogen-bond acceptors (Lipinski definition) is 6. The molecule has 0 radical (unpaired) electrons. The van der Waals surface area contributed by atoms with Crippen molar-refractivity contribution in [2.45, 2.75) is 51.3 Å². The number of halogens is 1. The van der Waals surface area contributed by atoms with E-state index in [1.54, 1.807) is 6.20 Å². The van der Waals surface area contributed by atoms with Gasteiger partial charge in [0.1, 0.15) is 18.1 Å². The van der Waals surface area contributed by atoms with Crippen molar-refractivity contribution in [3.63, 3.8) is 0 Å². The molecule has 2 N–H and O–H groups in total. The lowest BCUT2D eigenvalue weighted by atomic mass is 10.1. The number of nitrogens with one attached hydrogen (secondary N) is 2. The second-order valence-electron chi connectivity index (χ2n) is 9.27. The fourth-order valence-electron chi connectivity index (χ4n) is 3.68. The third-order valence-electron chi connectivity index (χ3n) is 5.51. The number of anilines is 1. The summed E-state index contributed by atoms with van der Waals surface area (Å²) in [4.78, 5) is 9.14. The van der Waals surface area contributed by atoms with Gasteiger partial charge in [-0.25, -0.2) is 14.6 Å². The molecule has 9 heteroatoms. The minimum Gasteiger partial charge on any atom is -0.360 e. The molecule has 0 spiro atoms. The van der Waals surface area contributed by atoms with E-state index < -0.39 is 8.07 Å². The van der Waals surface area contributed by atoms with Crippen LogP contribution in [0, 0.1) is 0 Å². The molecule has 1 aromatic carbocycles. The number of para-hydroxylation sites is 1. The van der Waals surface area contributed by atoms with E-state index in [4.69, 9.17) is 26.4 Å². The van der Waals surface area contributed by atoms with Gasteiger partial charge in [-0.15, -0.1) is 0 Å². The number of fused-ring (bicyclic) bond motifs is 1. The number of ether oxygens (including phenoxy) is 1. The first-order valence-electron chi connectivity index (χ1n) is 10.9. The van der Waals surface area contributed by atoms with Gasteiger partial charge in [-0.3, -0.25) is 0 Å². The molecule has 166 valence electrons. The molecule has 1 saturated heterocycles. The largest absolute Gasteiger partial charge is 0.360 e. The Labute approximate surface area is 189 Å². The minimum absolute atomic E-state index is 0.365. The zero-order valence-electron chi connectivity index (χ0n) is 18.5. The monoisotopic (exact) mass is 458 g/mol. The molecule has 1 aliphatic heterocycles. The van der Waals surface area contributed by atoms with E-state index in [1.165, 1.54) is 0 Å². The minimum atomic E-state index is -1.13. The lowest BCUT2D eigenvalue weighted by molar-refractivity contribution is 0.0818. The van der Waals surface area contributed by atoms with E-state index in [0.29, 0.717) is 29.4 Å². The molecular weight excluding hydrogens is 428 g/mol. The van der Waals surface area contributed by atoms with Gasteiger partial charge in [0.15, 0.2) is 0 Å². The van der Waals surface area contributed by atoms with Crippen LogP contribution in [0.1, 0.15) is 12.8 Å². The van der Waals surface area contributed by atoms with Gasteiger partial charge in [-0.05, 0) is 38.0 Å². The third kappa shape index (κ3) is 5.63. The van der Waals surface area contributed by atoms with Crippen LogP contribution in [-0.2, 0) is 11.5 Å². The number of hydrogen-bond donors (Lipinski definition) is 2. The summed E-state index contributed by atoms with van der Waals surface area (Å²) in [5, 5.41) is 13.2. The molecule has 0 amide bonds. The number of rotatable bonds is 8. The van der Waals surface area contributed by atoms with E-state index >= 15 is 0 Å². The van der Waals surface area contributed by atoms with Crippen LogP contribution in [0.3, 0.4) is 0 Å². The summed E-state index contributed by atoms with van der Waals surface area (Å²) in [6, 6.07) is 9.61. The molecule has 1 aliphatic rings. The fraction of sp³-hybridized carbons (Fsp3) is 0.500. The number of aromatic nitrogens is 4. The van der Waals surface area contributed by atoms with Crippen LogP contribution in [0.2, 0.25) is 30.7 Å². The summed E-state index contributed by atoms with van der Waals surface area (Å²) in [6.45, 7) is 10.2. The molecule has 7 nitrogen and oxygen atoms in total. The standard InChI is InChI=1S/C22H31ClN6OSi/c1-31(2,3)13-12-30-15-29-19-7-5-4-6-17(19)20(28-29)21-18(23)14-25-22(27-21)26-16-8-10-24-11-9-16/h4-7,14,16,24H,8-13,15H2,1-3H3,(H,25,26,27). The summed E-state index contributed by atoms with van der Waals surface area (Å²) >= 11 is 6.52. The van der Waals surface area contributed by atoms with Gasteiger partial charge >= 0.3 is 0 Å². The highest BCUT2D eigenvalue weighted by Gasteiger charge is 2.19. The molecule has 0 unspecified atom stereocenters. The summed E-state index contributed by atoms with van der Waals surface area (Å²) in [7, 11) is -1.13. The van der Waals surface area contributed by atoms with Crippen molar-refractivity contribution in [2.24, 2.45) is 0 Å². The van der Waals surface area contributed by atoms with Crippen LogP contribution in [0.15, 0.2) is 30.5 Å². The van der Waals surface area contributed by atoms with Gasteiger partial charge < -0.3 is 15.4 Å². The molecule has 3 heterocycles. The van der Waals surface area contributed by atoms with Crippen LogP contribution in [-0.4, -0.2) is 53.6 Å². The first-order chi connectivity index (χ1) is 14.9. The maximum atomic E-state index is 6.52. The Morgan fingerprint density at radius 1 is 1.19 bits per heavy atom. The van der Waals surface area contributed by atoms with Crippen molar-refractivity contribution in [3.8, 4) is 11.4 Å². The van der Waals surface area contributed by atoms with Crippen molar-refractivity contribution >= 4 is 36.5 Å². The fourth-order valence-corrected chi connectivity index (χ4v) is 4.62. The van der Waals surface area contributed by atoms with Crippen LogP contribution in [0.25, 0.3) is 22.3 Å². The normalized spacial score (nSPS) is 15.5. The Morgan fingerprint density at radius 2 is 1.97 bits per heavy atom. The molecular formula is C22H31ClN6OSi. The van der Waals surface area contributed by atoms with E-state index in [0.717, 1.165) is 55.2 Å². The second kappa shape index (κ2) is 9.64. The van der Waals surface area contributed by atoms with Gasteiger partial charge in [0, 0.05) is 26.1 Å². The highest BCUT2D eigenvalue weighted by Crippen LogP contribution is 2.32. The lowest BCUT2D eigenvalue weighted by Gasteiger charge is -2.23. The average molecular weight is 459 g/mol. The number of nitrogens with zero attached hydrogens (tertiary/aromatic N) is 4. The predicted molar refractivity (Wildman–Crippen MR) is 129 cm³/mol. The first-order valence-corrected chi connectivity index (χ1v) is 15.0. The third-order valence-corrected chi connectivity index (χ3v) is 7.49. The van der Waals surface area contributed by atoms with Crippen LogP contribution < -0.4 is 10.6 Å². The first kappa shape index (κ1) is 22.2. The van der Waals surface area contributed by atoms with Gasteiger partial charge in [-0.2, -0.15) is 5.10 Å². The lowest BCUT2D eigenvalue weighted by Crippen LogP contribution is -2.35. The van der Waals surface area contributed by atoms with E-state index in [9.17, 15) is 0 Å². The van der Waals surface area contributed by atoms with Crippen molar-refractivity contribution in [1.29, 1.82) is 0 Å². The second-order valence-corrected chi connectivity index (χ2v) is 15.3. The zero-order chi connectivity index (χ0) is 21.8. The Bertz CT molecular complexity index is 1030. The van der Waals surface area contributed by atoms with Gasteiger partial charge in [0.05, 0.1) is 16.7 Å². The molecule has 0 atom stereocenters. The SMILES string of the molecule is C[Si](C)(C)CCOCn1nc(-c2nc(NC3CCNCC3)ncc2Cl)c2ccccc21. The van der Waals surface area contributed by atoms with Gasteiger partial charge in [-0.1, -0.05) is 49.4 Å². The maximum absolute atomic E-state index is 6.52. The van der Waals surface area contributed by atoms with Crippen molar-refractivity contribution in [1.82, 2.24) is 25.1 Å². The van der Waals surface area contributed by atoms with E-state index in [-0.39, 0.29) is 0 Å². The summed E-state index contributed by atoms with van der Waals surface area (Å²) in [5.74, 6) is 0.594. The molecule has 3 aromatic rings. The number of piperidine rings is 1. The van der Waals surface area contributed by atoms with Crippen molar-refractivity contribution in [2.75, 3.05) is 25.0 Å². The Balaban J connectivity index is 1.59. The Morgan fingerprint density at radius 3 is 2.74 bits per heavy atom. The topological polar surface area (TPSA) is 76.9 Å². The molecule has 1 fully saturated rings. The van der Waals surface area contributed by atoms with E-state index in [2.05, 4.69) is 47.4 Å². The molecule has 0 saturated carbocycles.